The molecule has 0 bridgehead atoms. The molecular formula is C10H19F2N3O2. The summed E-state index contributed by atoms with van der Waals surface area (Å²) < 4.78 is 34.7. The Kier molecular flexibility index (Phi) is 6.13. The Morgan fingerprint density at radius 3 is 3.00 bits per heavy atom. The third kappa shape index (κ3) is 4.82. The highest BCUT2D eigenvalue weighted by atomic mass is 19.3. The predicted molar refractivity (Wildman–Crippen MR) is 60.6 cm³/mol. The molecule has 1 heterocycles. The number of aliphatic imine (C=N–C) groups is 1. The summed E-state index contributed by atoms with van der Waals surface area (Å²) in [5.74, 6) is 0.481. The number of nitrogens with one attached hydrogen (secondary N) is 1. The van der Waals surface area contributed by atoms with Gasteiger partial charge in [-0.25, -0.2) is 8.78 Å². The predicted octanol–water partition coefficient (Wildman–Crippen LogP) is 0.174. The van der Waals surface area contributed by atoms with Crippen LogP contribution < -0.4 is 5.32 Å². The maximum atomic E-state index is 12.1. The molecule has 1 N–H and O–H groups in total. The second-order valence-corrected chi connectivity index (χ2v) is 3.71. The first-order chi connectivity index (χ1) is 8.17. The normalized spacial score (nSPS) is 22.1. The second kappa shape index (κ2) is 7.39. The lowest BCUT2D eigenvalue weighted by atomic mass is 10.3. The minimum atomic E-state index is -2.39. The molecule has 0 radical (unpaired) electrons. The van der Waals surface area contributed by atoms with Crippen molar-refractivity contribution in [3.05, 3.63) is 0 Å². The van der Waals surface area contributed by atoms with E-state index < -0.39 is 6.43 Å². The molecule has 1 saturated heterocycles. The Balaban J connectivity index is 2.45. The summed E-state index contributed by atoms with van der Waals surface area (Å²) >= 11 is 0. The van der Waals surface area contributed by atoms with E-state index >= 15 is 0 Å². The molecule has 0 aliphatic carbocycles. The minimum absolute atomic E-state index is 0.0427. The monoisotopic (exact) mass is 251 g/mol. The molecule has 0 saturated carbocycles. The van der Waals surface area contributed by atoms with Crippen molar-refractivity contribution in [2.75, 3.05) is 47.0 Å². The van der Waals surface area contributed by atoms with Gasteiger partial charge in [0.05, 0.1) is 25.9 Å². The average molecular weight is 251 g/mol. The quantitative estimate of drug-likeness (QED) is 0.571. The topological polar surface area (TPSA) is 46.1 Å². The molecule has 100 valence electrons. The minimum Gasteiger partial charge on any atom is -0.382 e. The molecule has 5 nitrogen and oxygen atoms in total. The molecule has 1 unspecified atom stereocenters. The molecule has 1 atom stereocenters. The molecule has 1 fully saturated rings. The number of morpholine rings is 1. The maximum Gasteiger partial charge on any atom is 0.255 e. The fourth-order valence-electron chi connectivity index (χ4n) is 1.70. The number of alkyl halides is 2. The Morgan fingerprint density at radius 2 is 2.41 bits per heavy atom. The van der Waals surface area contributed by atoms with Crippen LogP contribution in [0, 0.1) is 0 Å². The van der Waals surface area contributed by atoms with Gasteiger partial charge < -0.3 is 19.7 Å². The standard InChI is InChI=1S/C10H19F2N3O2/c1-13-10(14-5-9(11)12)15-3-4-17-8(6-15)7-16-2/h8-9H,3-7H2,1-2H3,(H,13,14). The van der Waals surface area contributed by atoms with Gasteiger partial charge in [0.15, 0.2) is 5.96 Å². The van der Waals surface area contributed by atoms with Gasteiger partial charge in [0, 0.05) is 27.2 Å². The van der Waals surface area contributed by atoms with Crippen LogP contribution in [0.4, 0.5) is 8.78 Å². The number of halogens is 2. The zero-order valence-corrected chi connectivity index (χ0v) is 10.2. The third-order valence-electron chi connectivity index (χ3n) is 2.42. The van der Waals surface area contributed by atoms with Crippen molar-refractivity contribution in [1.29, 1.82) is 0 Å². The Hall–Kier alpha value is -0.950. The highest BCUT2D eigenvalue weighted by molar-refractivity contribution is 5.80. The Labute approximate surface area is 99.8 Å². The van der Waals surface area contributed by atoms with E-state index in [0.717, 1.165) is 0 Å². The van der Waals surface area contributed by atoms with Crippen LogP contribution in [0.25, 0.3) is 0 Å². The Bertz CT molecular complexity index is 250. The Morgan fingerprint density at radius 1 is 1.65 bits per heavy atom. The van der Waals surface area contributed by atoms with Gasteiger partial charge in [0.1, 0.15) is 0 Å². The average Bonchev–Trinajstić information content (AvgIpc) is 2.30. The molecule has 1 aliphatic heterocycles. The van der Waals surface area contributed by atoms with Crippen LogP contribution in [0.2, 0.25) is 0 Å². The highest BCUT2D eigenvalue weighted by Crippen LogP contribution is 2.06. The van der Waals surface area contributed by atoms with Gasteiger partial charge in [-0.05, 0) is 0 Å². The van der Waals surface area contributed by atoms with E-state index in [1.807, 2.05) is 4.90 Å². The number of hydrogen-bond donors (Lipinski definition) is 1. The van der Waals surface area contributed by atoms with E-state index in [-0.39, 0.29) is 12.6 Å². The number of ether oxygens (including phenoxy) is 2. The summed E-state index contributed by atoms with van der Waals surface area (Å²) in [6, 6.07) is 0. The lowest BCUT2D eigenvalue weighted by Crippen LogP contribution is -2.52. The summed E-state index contributed by atoms with van der Waals surface area (Å²) in [7, 11) is 3.18. The second-order valence-electron chi connectivity index (χ2n) is 3.71. The largest absolute Gasteiger partial charge is 0.382 e. The SMILES string of the molecule is CN=C(NCC(F)F)N1CCOC(COC)C1. The van der Waals surface area contributed by atoms with Crippen molar-refractivity contribution in [1.82, 2.24) is 10.2 Å². The molecule has 1 rings (SSSR count). The van der Waals surface area contributed by atoms with Gasteiger partial charge >= 0.3 is 0 Å². The summed E-state index contributed by atoms with van der Waals surface area (Å²) in [5, 5.41) is 2.63. The van der Waals surface area contributed by atoms with Crippen LogP contribution in [0.15, 0.2) is 4.99 Å². The van der Waals surface area contributed by atoms with Gasteiger partial charge in [-0.3, -0.25) is 4.99 Å². The third-order valence-corrected chi connectivity index (χ3v) is 2.42. The molecule has 7 heteroatoms. The van der Waals surface area contributed by atoms with Crippen molar-refractivity contribution in [2.24, 2.45) is 4.99 Å². The molecule has 0 aromatic heterocycles. The number of nitrogens with zero attached hydrogens (tertiary/aromatic N) is 2. The number of hydrogen-bond acceptors (Lipinski definition) is 3. The number of guanidine groups is 1. The highest BCUT2D eigenvalue weighted by Gasteiger charge is 2.22. The molecule has 0 aromatic rings. The molecule has 0 amide bonds. The van der Waals surface area contributed by atoms with Gasteiger partial charge in [-0.1, -0.05) is 0 Å². The first-order valence-electron chi connectivity index (χ1n) is 5.51. The van der Waals surface area contributed by atoms with Crippen LogP contribution in [0.1, 0.15) is 0 Å². The van der Waals surface area contributed by atoms with E-state index in [0.29, 0.717) is 32.3 Å². The van der Waals surface area contributed by atoms with Crippen molar-refractivity contribution in [3.8, 4) is 0 Å². The van der Waals surface area contributed by atoms with Gasteiger partial charge in [-0.15, -0.1) is 0 Å². The summed E-state index contributed by atoms with van der Waals surface area (Å²) in [4.78, 5) is 5.88. The van der Waals surface area contributed by atoms with Crippen LogP contribution in [0.5, 0.6) is 0 Å². The summed E-state index contributed by atoms with van der Waals surface area (Å²) in [6.07, 6.45) is -2.43. The molecule has 17 heavy (non-hydrogen) atoms. The summed E-state index contributed by atoms with van der Waals surface area (Å²) in [6.45, 7) is 1.88. The lowest BCUT2D eigenvalue weighted by Gasteiger charge is -2.34. The zero-order valence-electron chi connectivity index (χ0n) is 10.2. The fraction of sp³-hybridized carbons (Fsp3) is 0.900. The molecule has 1 aliphatic rings. The summed E-state index contributed by atoms with van der Waals surface area (Å²) in [5.41, 5.74) is 0. The van der Waals surface area contributed by atoms with Crippen LogP contribution >= 0.6 is 0 Å². The number of rotatable bonds is 4. The van der Waals surface area contributed by atoms with E-state index in [1.54, 1.807) is 14.2 Å². The molecular weight excluding hydrogens is 232 g/mol. The van der Waals surface area contributed by atoms with E-state index in [1.165, 1.54) is 0 Å². The first-order valence-corrected chi connectivity index (χ1v) is 5.51. The van der Waals surface area contributed by atoms with Crippen molar-refractivity contribution < 1.29 is 18.3 Å². The van der Waals surface area contributed by atoms with Crippen molar-refractivity contribution in [3.63, 3.8) is 0 Å². The number of methoxy groups -OCH3 is 1. The van der Waals surface area contributed by atoms with Gasteiger partial charge in [0.25, 0.3) is 6.43 Å². The van der Waals surface area contributed by atoms with Crippen molar-refractivity contribution >= 4 is 5.96 Å². The van der Waals surface area contributed by atoms with E-state index in [9.17, 15) is 8.78 Å². The van der Waals surface area contributed by atoms with E-state index in [2.05, 4.69) is 10.3 Å². The van der Waals surface area contributed by atoms with E-state index in [4.69, 9.17) is 9.47 Å². The first kappa shape index (κ1) is 14.1. The lowest BCUT2D eigenvalue weighted by molar-refractivity contribution is -0.0448. The van der Waals surface area contributed by atoms with Crippen molar-refractivity contribution in [2.45, 2.75) is 12.5 Å². The maximum absolute atomic E-state index is 12.1. The van der Waals surface area contributed by atoms with Crippen LogP contribution in [-0.4, -0.2) is 70.4 Å². The van der Waals surface area contributed by atoms with Gasteiger partial charge in [-0.2, -0.15) is 0 Å². The van der Waals surface area contributed by atoms with Crippen LogP contribution in [-0.2, 0) is 9.47 Å². The molecule has 0 spiro atoms. The zero-order chi connectivity index (χ0) is 12.7. The van der Waals surface area contributed by atoms with Crippen LogP contribution in [0.3, 0.4) is 0 Å². The smallest absolute Gasteiger partial charge is 0.255 e. The molecule has 0 aromatic carbocycles. The fourth-order valence-corrected chi connectivity index (χ4v) is 1.70. The van der Waals surface area contributed by atoms with Gasteiger partial charge in [0.2, 0.25) is 0 Å².